The van der Waals surface area contributed by atoms with Crippen LogP contribution in [-0.2, 0) is 11.3 Å². The summed E-state index contributed by atoms with van der Waals surface area (Å²) in [6.07, 6.45) is 4.82. The quantitative estimate of drug-likeness (QED) is 0.838. The van der Waals surface area contributed by atoms with Gasteiger partial charge in [-0.2, -0.15) is 10.2 Å². The Morgan fingerprint density at radius 2 is 1.83 bits per heavy atom. The SMILES string of the molecule is CC(C)CC(CC(C)C)NC(=O)Cn1ncn2nccc2c1=O. The Morgan fingerprint density at radius 1 is 1.17 bits per heavy atom. The third-order valence-electron chi connectivity index (χ3n) is 3.59. The van der Waals surface area contributed by atoms with Crippen LogP contribution in [0.4, 0.5) is 0 Å². The first kappa shape index (κ1) is 17.2. The molecule has 0 aliphatic heterocycles. The van der Waals surface area contributed by atoms with E-state index in [0.29, 0.717) is 17.4 Å². The second kappa shape index (κ2) is 7.39. The average molecular weight is 319 g/mol. The molecule has 0 aliphatic rings. The molecule has 0 aliphatic carbocycles. The highest BCUT2D eigenvalue weighted by molar-refractivity contribution is 5.76. The fourth-order valence-corrected chi connectivity index (χ4v) is 2.75. The largest absolute Gasteiger partial charge is 0.352 e. The standard InChI is InChI=1S/C16H25N5O2/c1-11(2)7-13(8-12(3)4)19-15(22)9-20-16(23)14-5-6-17-21(14)10-18-20/h5-6,10-13H,7-9H2,1-4H3,(H,19,22). The van der Waals surface area contributed by atoms with Crippen LogP contribution >= 0.6 is 0 Å². The van der Waals surface area contributed by atoms with E-state index in [2.05, 4.69) is 43.2 Å². The van der Waals surface area contributed by atoms with Crippen molar-refractivity contribution in [2.24, 2.45) is 11.8 Å². The minimum Gasteiger partial charge on any atom is -0.352 e. The van der Waals surface area contributed by atoms with Gasteiger partial charge in [0, 0.05) is 6.04 Å². The molecule has 126 valence electrons. The van der Waals surface area contributed by atoms with Gasteiger partial charge in [0.1, 0.15) is 18.4 Å². The zero-order chi connectivity index (χ0) is 17.0. The van der Waals surface area contributed by atoms with E-state index < -0.39 is 0 Å². The molecule has 0 atom stereocenters. The third kappa shape index (κ3) is 4.64. The molecule has 7 heteroatoms. The minimum absolute atomic E-state index is 0.0762. The second-order valence-electron chi connectivity index (χ2n) is 6.78. The molecule has 0 radical (unpaired) electrons. The molecule has 0 saturated carbocycles. The molecule has 7 nitrogen and oxygen atoms in total. The molecule has 2 rings (SSSR count). The Balaban J connectivity index is 2.06. The first-order valence-corrected chi connectivity index (χ1v) is 8.05. The van der Waals surface area contributed by atoms with E-state index in [-0.39, 0.29) is 24.1 Å². The van der Waals surface area contributed by atoms with Gasteiger partial charge in [0.15, 0.2) is 0 Å². The highest BCUT2D eigenvalue weighted by atomic mass is 16.2. The number of fused-ring (bicyclic) bond motifs is 1. The number of nitrogens with one attached hydrogen (secondary N) is 1. The molecule has 0 saturated heterocycles. The Bertz CT molecular complexity index is 707. The second-order valence-corrected chi connectivity index (χ2v) is 6.78. The molecular weight excluding hydrogens is 294 g/mol. The van der Waals surface area contributed by atoms with Crippen LogP contribution in [0.1, 0.15) is 40.5 Å². The molecule has 0 aromatic carbocycles. The Morgan fingerprint density at radius 3 is 2.43 bits per heavy atom. The minimum atomic E-state index is -0.315. The zero-order valence-electron chi connectivity index (χ0n) is 14.2. The number of rotatable bonds is 7. The van der Waals surface area contributed by atoms with Gasteiger partial charge in [-0.05, 0) is 30.7 Å². The maximum Gasteiger partial charge on any atom is 0.293 e. The summed E-state index contributed by atoms with van der Waals surface area (Å²) in [7, 11) is 0. The molecule has 0 spiro atoms. The van der Waals surface area contributed by atoms with Crippen LogP contribution in [0.2, 0.25) is 0 Å². The monoisotopic (exact) mass is 319 g/mol. The smallest absolute Gasteiger partial charge is 0.293 e. The van der Waals surface area contributed by atoms with Crippen molar-refractivity contribution in [3.8, 4) is 0 Å². The summed E-state index contributed by atoms with van der Waals surface area (Å²) in [5.74, 6) is 0.820. The van der Waals surface area contributed by atoms with Crippen molar-refractivity contribution in [3.05, 3.63) is 28.9 Å². The van der Waals surface area contributed by atoms with Crippen LogP contribution < -0.4 is 10.9 Å². The summed E-state index contributed by atoms with van der Waals surface area (Å²) < 4.78 is 2.57. The Labute approximate surface area is 135 Å². The molecule has 23 heavy (non-hydrogen) atoms. The van der Waals surface area contributed by atoms with E-state index in [4.69, 9.17) is 0 Å². The predicted molar refractivity (Wildman–Crippen MR) is 88.1 cm³/mol. The molecular formula is C16H25N5O2. The fourth-order valence-electron chi connectivity index (χ4n) is 2.75. The van der Waals surface area contributed by atoms with E-state index in [0.717, 1.165) is 12.8 Å². The van der Waals surface area contributed by atoms with Crippen LogP contribution in [0.15, 0.2) is 23.4 Å². The van der Waals surface area contributed by atoms with Gasteiger partial charge in [0.2, 0.25) is 5.91 Å². The van der Waals surface area contributed by atoms with Crippen LogP contribution in [0.3, 0.4) is 0 Å². The first-order chi connectivity index (χ1) is 10.9. The number of carbonyl (C=O) groups excluding carboxylic acids is 1. The van der Waals surface area contributed by atoms with E-state index in [1.54, 1.807) is 6.07 Å². The Kier molecular flexibility index (Phi) is 5.52. The van der Waals surface area contributed by atoms with Gasteiger partial charge >= 0.3 is 0 Å². The van der Waals surface area contributed by atoms with Crippen molar-refractivity contribution < 1.29 is 4.79 Å². The lowest BCUT2D eigenvalue weighted by molar-refractivity contribution is -0.122. The van der Waals surface area contributed by atoms with Crippen molar-refractivity contribution in [2.45, 2.75) is 53.1 Å². The summed E-state index contributed by atoms with van der Waals surface area (Å²) in [5, 5.41) is 11.0. The normalized spacial score (nSPS) is 11.8. The first-order valence-electron chi connectivity index (χ1n) is 8.05. The summed E-state index contributed by atoms with van der Waals surface area (Å²) in [5.41, 5.74) is 0.0955. The highest BCUT2D eigenvalue weighted by Gasteiger charge is 2.17. The Hall–Kier alpha value is -2.18. The molecule has 0 unspecified atom stereocenters. The van der Waals surface area contributed by atoms with Crippen molar-refractivity contribution in [3.63, 3.8) is 0 Å². The number of aromatic nitrogens is 4. The topological polar surface area (TPSA) is 81.3 Å². The molecule has 0 fully saturated rings. The molecule has 2 aromatic rings. The van der Waals surface area contributed by atoms with Crippen LogP contribution in [0, 0.1) is 11.8 Å². The molecule has 1 N–H and O–H groups in total. The van der Waals surface area contributed by atoms with E-state index >= 15 is 0 Å². The molecule has 2 heterocycles. The van der Waals surface area contributed by atoms with Gasteiger partial charge in [-0.25, -0.2) is 9.20 Å². The zero-order valence-corrected chi connectivity index (χ0v) is 14.2. The van der Waals surface area contributed by atoms with Crippen LogP contribution in [0.25, 0.3) is 5.52 Å². The molecule has 0 bridgehead atoms. The van der Waals surface area contributed by atoms with Gasteiger partial charge in [-0.15, -0.1) is 0 Å². The summed E-state index contributed by atoms with van der Waals surface area (Å²) in [6.45, 7) is 8.48. The lowest BCUT2D eigenvalue weighted by Gasteiger charge is -2.22. The summed E-state index contributed by atoms with van der Waals surface area (Å²) in [4.78, 5) is 24.5. The van der Waals surface area contributed by atoms with Gasteiger partial charge < -0.3 is 5.32 Å². The molecule has 2 aromatic heterocycles. The van der Waals surface area contributed by atoms with Gasteiger partial charge in [-0.3, -0.25) is 9.59 Å². The van der Waals surface area contributed by atoms with Crippen molar-refractivity contribution in [1.82, 2.24) is 24.7 Å². The van der Waals surface area contributed by atoms with E-state index in [1.165, 1.54) is 21.7 Å². The van der Waals surface area contributed by atoms with Crippen molar-refractivity contribution in [2.75, 3.05) is 0 Å². The number of nitrogens with zero attached hydrogens (tertiary/aromatic N) is 4. The van der Waals surface area contributed by atoms with E-state index in [9.17, 15) is 9.59 Å². The average Bonchev–Trinajstić information content (AvgIpc) is 2.89. The fraction of sp³-hybridized carbons (Fsp3) is 0.625. The summed E-state index contributed by atoms with van der Waals surface area (Å²) >= 11 is 0. The lowest BCUT2D eigenvalue weighted by atomic mass is 9.95. The molecule has 1 amide bonds. The maximum absolute atomic E-state index is 12.3. The van der Waals surface area contributed by atoms with Crippen molar-refractivity contribution >= 4 is 11.4 Å². The van der Waals surface area contributed by atoms with Crippen molar-refractivity contribution in [1.29, 1.82) is 0 Å². The van der Waals surface area contributed by atoms with Gasteiger partial charge in [-0.1, -0.05) is 27.7 Å². The number of amides is 1. The lowest BCUT2D eigenvalue weighted by Crippen LogP contribution is -2.41. The number of carbonyl (C=O) groups is 1. The van der Waals surface area contributed by atoms with Crippen LogP contribution in [0.5, 0.6) is 0 Å². The maximum atomic E-state index is 12.3. The third-order valence-corrected chi connectivity index (χ3v) is 3.59. The van der Waals surface area contributed by atoms with Crippen LogP contribution in [-0.4, -0.2) is 31.3 Å². The number of hydrogen-bond acceptors (Lipinski definition) is 4. The summed E-state index contributed by atoms with van der Waals surface area (Å²) in [6, 6.07) is 1.73. The van der Waals surface area contributed by atoms with E-state index in [1.807, 2.05) is 0 Å². The number of hydrogen-bond donors (Lipinski definition) is 1. The van der Waals surface area contributed by atoms with Gasteiger partial charge in [0.25, 0.3) is 5.56 Å². The van der Waals surface area contributed by atoms with Gasteiger partial charge in [0.05, 0.1) is 6.20 Å². The highest BCUT2D eigenvalue weighted by Crippen LogP contribution is 2.13. The predicted octanol–water partition coefficient (Wildman–Crippen LogP) is 1.47.